The molecule has 0 aromatic heterocycles. The summed E-state index contributed by atoms with van der Waals surface area (Å²) in [7, 11) is 0. The lowest BCUT2D eigenvalue weighted by molar-refractivity contribution is -0.445. The van der Waals surface area contributed by atoms with Gasteiger partial charge in [-0.2, -0.15) is 0 Å². The summed E-state index contributed by atoms with van der Waals surface area (Å²) in [6.07, 6.45) is 0. The third-order valence-corrected chi connectivity index (χ3v) is 1.45. The molecule has 0 unspecified atom stereocenters. The molecule has 0 fully saturated rings. The maximum atomic E-state index is 10.7. The van der Waals surface area contributed by atoms with E-state index in [1.807, 2.05) is 5.43 Å². The molecule has 6 heteroatoms. The number of para-hydroxylation sites is 2. The van der Waals surface area contributed by atoms with Gasteiger partial charge < -0.3 is 5.32 Å². The topological polar surface area (TPSA) is 84.3 Å². The van der Waals surface area contributed by atoms with Gasteiger partial charge in [-0.05, 0) is 12.1 Å². The molecule has 0 saturated heterocycles. The number of nitro groups is 1. The largest absolute Gasteiger partial charge is 0.324 e. The van der Waals surface area contributed by atoms with Crippen LogP contribution >= 0.6 is 0 Å². The summed E-state index contributed by atoms with van der Waals surface area (Å²) in [6.45, 7) is 1.34. The highest BCUT2D eigenvalue weighted by atomic mass is 16.7. The number of hydrazine groups is 1. The summed E-state index contributed by atoms with van der Waals surface area (Å²) >= 11 is 0. The summed E-state index contributed by atoms with van der Waals surface area (Å²) in [5.74, 6) is -0.275. The molecular formula is C8H9N3O3. The Morgan fingerprint density at radius 2 is 1.93 bits per heavy atom. The van der Waals surface area contributed by atoms with Gasteiger partial charge >= 0.3 is 0 Å². The van der Waals surface area contributed by atoms with Gasteiger partial charge in [0.2, 0.25) is 5.91 Å². The van der Waals surface area contributed by atoms with Crippen LogP contribution in [0.1, 0.15) is 6.92 Å². The lowest BCUT2D eigenvalue weighted by Crippen LogP contribution is -2.12. The first-order chi connectivity index (χ1) is 6.59. The van der Waals surface area contributed by atoms with Crippen molar-refractivity contribution in [2.45, 2.75) is 6.92 Å². The predicted octanol–water partition coefficient (Wildman–Crippen LogP) is 1.25. The van der Waals surface area contributed by atoms with Crippen LogP contribution in [0.25, 0.3) is 0 Å². The molecule has 0 aliphatic rings. The lowest BCUT2D eigenvalue weighted by atomic mass is 10.2. The van der Waals surface area contributed by atoms with Gasteiger partial charge in [0.25, 0.3) is 0 Å². The van der Waals surface area contributed by atoms with Crippen LogP contribution in [-0.4, -0.2) is 10.9 Å². The quantitative estimate of drug-likeness (QED) is 0.561. The van der Waals surface area contributed by atoms with Crippen molar-refractivity contribution in [2.24, 2.45) is 0 Å². The Morgan fingerprint density at radius 1 is 1.36 bits per heavy atom. The van der Waals surface area contributed by atoms with E-state index in [2.05, 4.69) is 5.32 Å². The van der Waals surface area contributed by atoms with E-state index in [0.29, 0.717) is 5.69 Å². The minimum absolute atomic E-state index is 0.257. The number of rotatable bonds is 3. The monoisotopic (exact) mass is 195 g/mol. The number of amides is 1. The molecule has 0 aliphatic heterocycles. The van der Waals surface area contributed by atoms with Crippen LogP contribution in [0.15, 0.2) is 24.3 Å². The summed E-state index contributed by atoms with van der Waals surface area (Å²) in [5, 5.41) is 12.0. The van der Waals surface area contributed by atoms with Crippen LogP contribution in [-0.2, 0) is 4.79 Å². The number of hydrogen-bond acceptors (Lipinski definition) is 3. The molecule has 1 aromatic rings. The fraction of sp³-hybridized carbons (Fsp3) is 0.125. The van der Waals surface area contributed by atoms with Crippen LogP contribution in [0.3, 0.4) is 0 Å². The molecule has 74 valence electrons. The Kier molecular flexibility index (Phi) is 3.01. The van der Waals surface area contributed by atoms with E-state index in [0.717, 1.165) is 0 Å². The third kappa shape index (κ3) is 2.74. The number of hydrogen-bond donors (Lipinski definition) is 2. The van der Waals surface area contributed by atoms with Gasteiger partial charge in [0, 0.05) is 6.92 Å². The van der Waals surface area contributed by atoms with E-state index in [1.54, 1.807) is 18.2 Å². The molecule has 2 N–H and O–H groups in total. The zero-order valence-corrected chi connectivity index (χ0v) is 7.48. The first kappa shape index (κ1) is 9.97. The molecule has 1 amide bonds. The highest BCUT2D eigenvalue weighted by Gasteiger charge is 2.06. The van der Waals surface area contributed by atoms with Crippen molar-refractivity contribution in [1.29, 1.82) is 0 Å². The Morgan fingerprint density at radius 3 is 2.43 bits per heavy atom. The second-order valence-electron chi connectivity index (χ2n) is 2.60. The summed E-state index contributed by atoms with van der Waals surface area (Å²) in [5.41, 5.74) is 2.63. The lowest BCUT2D eigenvalue weighted by Gasteiger charge is -2.05. The van der Waals surface area contributed by atoms with Gasteiger partial charge in [-0.15, -0.1) is 5.43 Å². The van der Waals surface area contributed by atoms with Crippen molar-refractivity contribution in [2.75, 3.05) is 10.7 Å². The first-order valence-electron chi connectivity index (χ1n) is 3.87. The normalized spacial score (nSPS) is 9.21. The molecule has 6 nitrogen and oxygen atoms in total. The van der Waals surface area contributed by atoms with E-state index in [1.165, 1.54) is 13.0 Å². The zero-order chi connectivity index (χ0) is 10.6. The predicted molar refractivity (Wildman–Crippen MR) is 51.4 cm³/mol. The Bertz CT molecular complexity index is 330. The molecule has 0 heterocycles. The van der Waals surface area contributed by atoms with Gasteiger partial charge in [0.05, 0.1) is 5.69 Å². The second-order valence-corrected chi connectivity index (χ2v) is 2.60. The maximum Gasteiger partial charge on any atom is 0.221 e. The Labute approximate surface area is 80.0 Å². The molecule has 0 atom stereocenters. The molecule has 1 aromatic carbocycles. The third-order valence-electron chi connectivity index (χ3n) is 1.45. The van der Waals surface area contributed by atoms with Gasteiger partial charge in [-0.25, -0.2) is 10.1 Å². The number of carbonyl (C=O) groups excluding carboxylic acids is 1. The van der Waals surface area contributed by atoms with Crippen molar-refractivity contribution < 1.29 is 9.83 Å². The summed E-state index contributed by atoms with van der Waals surface area (Å²) in [6, 6.07) is 6.40. The Balaban J connectivity index is 2.90. The van der Waals surface area contributed by atoms with E-state index < -0.39 is 5.03 Å². The molecule has 0 spiro atoms. The molecule has 0 aliphatic carbocycles. The van der Waals surface area contributed by atoms with E-state index in [4.69, 9.17) is 0 Å². The smallest absolute Gasteiger partial charge is 0.221 e. The van der Waals surface area contributed by atoms with Crippen molar-refractivity contribution in [1.82, 2.24) is 0 Å². The van der Waals surface area contributed by atoms with Crippen molar-refractivity contribution in [3.63, 3.8) is 0 Å². The van der Waals surface area contributed by atoms with Crippen molar-refractivity contribution >= 4 is 17.3 Å². The fourth-order valence-electron chi connectivity index (χ4n) is 0.978. The average Bonchev–Trinajstić information content (AvgIpc) is 2.06. The highest BCUT2D eigenvalue weighted by Crippen LogP contribution is 2.20. The van der Waals surface area contributed by atoms with Crippen LogP contribution in [0, 0.1) is 10.1 Å². The minimum Gasteiger partial charge on any atom is -0.324 e. The second kappa shape index (κ2) is 4.22. The number of nitrogens with one attached hydrogen (secondary N) is 2. The Hall–Kier alpha value is -2.11. The van der Waals surface area contributed by atoms with E-state index in [-0.39, 0.29) is 11.6 Å². The SMILES string of the molecule is CC(=O)Nc1ccccc1N[N+](=O)[O-]. The molecule has 14 heavy (non-hydrogen) atoms. The molecule has 0 saturated carbocycles. The summed E-state index contributed by atoms with van der Waals surface area (Å²) < 4.78 is 0. The van der Waals surface area contributed by atoms with Gasteiger partial charge in [-0.3, -0.25) is 4.79 Å². The van der Waals surface area contributed by atoms with Crippen molar-refractivity contribution in [3.05, 3.63) is 34.4 Å². The van der Waals surface area contributed by atoms with Gasteiger partial charge in [0.1, 0.15) is 5.69 Å². The van der Waals surface area contributed by atoms with E-state index in [9.17, 15) is 14.9 Å². The van der Waals surface area contributed by atoms with E-state index >= 15 is 0 Å². The van der Waals surface area contributed by atoms with Crippen molar-refractivity contribution in [3.8, 4) is 0 Å². The molecule has 1 rings (SSSR count). The zero-order valence-electron chi connectivity index (χ0n) is 7.48. The van der Waals surface area contributed by atoms with Crippen LogP contribution < -0.4 is 10.7 Å². The van der Waals surface area contributed by atoms with Crippen LogP contribution in [0.4, 0.5) is 11.4 Å². The number of anilines is 2. The molecular weight excluding hydrogens is 186 g/mol. The average molecular weight is 195 g/mol. The fourth-order valence-corrected chi connectivity index (χ4v) is 0.978. The molecule has 0 bridgehead atoms. The standard InChI is InChI=1S/C8H9N3O3/c1-6(12)9-7-4-2-3-5-8(7)10-11(13)14/h2-5,10H,1H3,(H,9,12). The first-order valence-corrected chi connectivity index (χ1v) is 3.87. The number of benzene rings is 1. The summed E-state index contributed by atoms with van der Waals surface area (Å²) in [4.78, 5) is 20.9. The number of nitrogens with zero attached hydrogens (tertiary/aromatic N) is 1. The minimum atomic E-state index is -0.680. The van der Waals surface area contributed by atoms with Gasteiger partial charge in [-0.1, -0.05) is 12.1 Å². The van der Waals surface area contributed by atoms with Crippen LogP contribution in [0.2, 0.25) is 0 Å². The van der Waals surface area contributed by atoms with Crippen LogP contribution in [0.5, 0.6) is 0 Å². The number of carbonyl (C=O) groups is 1. The molecule has 0 radical (unpaired) electrons. The van der Waals surface area contributed by atoms with Gasteiger partial charge in [0.15, 0.2) is 5.03 Å². The highest BCUT2D eigenvalue weighted by molar-refractivity contribution is 5.92. The maximum absolute atomic E-state index is 10.7.